The maximum absolute atomic E-state index is 12.9. The van der Waals surface area contributed by atoms with E-state index in [1.54, 1.807) is 9.47 Å². The highest BCUT2D eigenvalue weighted by Crippen LogP contribution is 2.20. The number of hydrogen-bond donors (Lipinski definition) is 4. The van der Waals surface area contributed by atoms with Crippen LogP contribution in [0.15, 0.2) is 39.9 Å². The zero-order valence-corrected chi connectivity index (χ0v) is 18.3. The molecule has 0 aliphatic rings. The number of aryl methyl sites for hydroxylation is 1. The van der Waals surface area contributed by atoms with Crippen molar-refractivity contribution >= 4 is 17.1 Å². The van der Waals surface area contributed by atoms with Gasteiger partial charge in [-0.15, -0.1) is 0 Å². The van der Waals surface area contributed by atoms with E-state index < -0.39 is 17.4 Å². The highest BCUT2D eigenvalue weighted by atomic mass is 16.3. The smallest absolute Gasteiger partial charge is 0.332 e. The van der Waals surface area contributed by atoms with Crippen LogP contribution in [0.1, 0.15) is 5.56 Å². The van der Waals surface area contributed by atoms with Gasteiger partial charge in [-0.05, 0) is 5.56 Å². The van der Waals surface area contributed by atoms with E-state index >= 15 is 0 Å². The second-order valence-electron chi connectivity index (χ2n) is 7.60. The standard InChI is InChI=1S/C21H30N6O5/c1-24-18-17(19(31)25(2)21(24)32)27(20(23-18)26(8-10-28)9-11-29)14-16(30)13-22-12-15-6-4-3-5-7-15/h3-7,16,22,28-30H,8-14H2,1-2H3. The average Bonchev–Trinajstić information content (AvgIpc) is 3.16. The van der Waals surface area contributed by atoms with Gasteiger partial charge in [0.1, 0.15) is 0 Å². The molecule has 3 aromatic rings. The van der Waals surface area contributed by atoms with Crippen LogP contribution in [0.25, 0.3) is 11.2 Å². The van der Waals surface area contributed by atoms with E-state index in [2.05, 4.69) is 10.3 Å². The molecule has 32 heavy (non-hydrogen) atoms. The topological polar surface area (TPSA) is 138 Å². The summed E-state index contributed by atoms with van der Waals surface area (Å²) in [6, 6.07) is 9.77. The second-order valence-corrected chi connectivity index (χ2v) is 7.60. The summed E-state index contributed by atoms with van der Waals surface area (Å²) in [4.78, 5) is 31.4. The molecule has 2 heterocycles. The first-order valence-corrected chi connectivity index (χ1v) is 10.4. The average molecular weight is 447 g/mol. The molecule has 1 unspecified atom stereocenters. The summed E-state index contributed by atoms with van der Waals surface area (Å²) in [6.45, 7) is 0.824. The van der Waals surface area contributed by atoms with Crippen LogP contribution in [0.4, 0.5) is 5.95 Å². The molecule has 4 N–H and O–H groups in total. The third kappa shape index (κ3) is 4.91. The Balaban J connectivity index is 1.96. The predicted molar refractivity (Wildman–Crippen MR) is 121 cm³/mol. The Labute approximate surface area is 184 Å². The van der Waals surface area contributed by atoms with Crippen molar-refractivity contribution in [2.75, 3.05) is 37.7 Å². The van der Waals surface area contributed by atoms with Gasteiger partial charge >= 0.3 is 5.69 Å². The fourth-order valence-electron chi connectivity index (χ4n) is 3.66. The summed E-state index contributed by atoms with van der Waals surface area (Å²) >= 11 is 0. The number of aliphatic hydroxyl groups is 3. The summed E-state index contributed by atoms with van der Waals surface area (Å²) in [5, 5.41) is 32.8. The number of rotatable bonds is 11. The Morgan fingerprint density at radius 1 is 1.06 bits per heavy atom. The van der Waals surface area contributed by atoms with Gasteiger partial charge in [-0.3, -0.25) is 13.9 Å². The van der Waals surface area contributed by atoms with Crippen molar-refractivity contribution in [3.8, 4) is 0 Å². The fraction of sp³-hybridized carbons (Fsp3) is 0.476. The third-order valence-electron chi connectivity index (χ3n) is 5.30. The zero-order chi connectivity index (χ0) is 23.3. The molecule has 0 radical (unpaired) electrons. The van der Waals surface area contributed by atoms with Gasteiger partial charge in [0.2, 0.25) is 5.95 Å². The van der Waals surface area contributed by atoms with Gasteiger partial charge in [0.25, 0.3) is 5.56 Å². The molecule has 0 amide bonds. The monoisotopic (exact) mass is 446 g/mol. The van der Waals surface area contributed by atoms with Crippen LogP contribution in [-0.2, 0) is 27.2 Å². The van der Waals surface area contributed by atoms with Crippen LogP contribution in [-0.4, -0.2) is 73.0 Å². The third-order valence-corrected chi connectivity index (χ3v) is 5.30. The van der Waals surface area contributed by atoms with Crippen LogP contribution < -0.4 is 21.5 Å². The van der Waals surface area contributed by atoms with Crippen LogP contribution in [0.2, 0.25) is 0 Å². The van der Waals surface area contributed by atoms with E-state index in [1.165, 1.54) is 18.7 Å². The van der Waals surface area contributed by atoms with Gasteiger partial charge in [0, 0.05) is 40.3 Å². The Bertz CT molecular complexity index is 1150. The van der Waals surface area contributed by atoms with Crippen molar-refractivity contribution in [2.24, 2.45) is 14.1 Å². The Morgan fingerprint density at radius 3 is 2.34 bits per heavy atom. The van der Waals surface area contributed by atoms with E-state index in [4.69, 9.17) is 0 Å². The molecule has 1 atom stereocenters. The number of hydrogen-bond acceptors (Lipinski definition) is 8. The Kier molecular flexibility index (Phi) is 7.80. The molecule has 1 aromatic carbocycles. The molecule has 0 fully saturated rings. The van der Waals surface area contributed by atoms with Crippen molar-refractivity contribution in [1.82, 2.24) is 24.0 Å². The molecule has 0 saturated carbocycles. The van der Waals surface area contributed by atoms with E-state index in [-0.39, 0.29) is 50.6 Å². The minimum Gasteiger partial charge on any atom is -0.395 e. The number of aliphatic hydroxyl groups excluding tert-OH is 3. The fourth-order valence-corrected chi connectivity index (χ4v) is 3.66. The first-order valence-electron chi connectivity index (χ1n) is 10.4. The lowest BCUT2D eigenvalue weighted by Gasteiger charge is -2.24. The minimum absolute atomic E-state index is 0.0361. The number of anilines is 1. The molecule has 0 aliphatic carbocycles. The van der Waals surface area contributed by atoms with Crippen LogP contribution in [0.3, 0.4) is 0 Å². The second kappa shape index (κ2) is 10.6. The van der Waals surface area contributed by atoms with Crippen LogP contribution >= 0.6 is 0 Å². The molecular formula is C21H30N6O5. The van der Waals surface area contributed by atoms with Gasteiger partial charge in [-0.1, -0.05) is 30.3 Å². The first-order chi connectivity index (χ1) is 15.4. The van der Waals surface area contributed by atoms with Crippen molar-refractivity contribution in [3.05, 3.63) is 56.7 Å². The van der Waals surface area contributed by atoms with Crippen LogP contribution in [0.5, 0.6) is 0 Å². The summed E-state index contributed by atoms with van der Waals surface area (Å²) in [7, 11) is 2.91. The highest BCUT2D eigenvalue weighted by molar-refractivity contribution is 5.74. The summed E-state index contributed by atoms with van der Waals surface area (Å²) in [5.41, 5.74) is 0.388. The van der Waals surface area contributed by atoms with E-state index in [1.807, 2.05) is 30.3 Å². The van der Waals surface area contributed by atoms with Gasteiger partial charge < -0.3 is 30.1 Å². The maximum Gasteiger partial charge on any atom is 0.332 e. The molecule has 3 rings (SSSR count). The minimum atomic E-state index is -0.859. The number of nitrogens with zero attached hydrogens (tertiary/aromatic N) is 5. The number of imidazole rings is 1. The summed E-state index contributed by atoms with van der Waals surface area (Å²) in [5.74, 6) is 0.295. The lowest BCUT2D eigenvalue weighted by atomic mass is 10.2. The van der Waals surface area contributed by atoms with Gasteiger partial charge in [0.15, 0.2) is 11.2 Å². The van der Waals surface area contributed by atoms with Gasteiger partial charge in [0.05, 0.1) is 25.9 Å². The predicted octanol–water partition coefficient (Wildman–Crippen LogP) is -1.62. The molecule has 2 aromatic heterocycles. The molecule has 11 heteroatoms. The van der Waals surface area contributed by atoms with Crippen molar-refractivity contribution in [3.63, 3.8) is 0 Å². The molecule has 0 saturated heterocycles. The van der Waals surface area contributed by atoms with E-state index in [9.17, 15) is 24.9 Å². The van der Waals surface area contributed by atoms with Crippen molar-refractivity contribution in [1.29, 1.82) is 0 Å². The van der Waals surface area contributed by atoms with E-state index in [0.29, 0.717) is 12.5 Å². The SMILES string of the molecule is Cn1c(=O)c2c(nc(N(CCO)CCO)n2CC(O)CNCc2ccccc2)n(C)c1=O. The molecule has 0 bridgehead atoms. The summed E-state index contributed by atoms with van der Waals surface area (Å²) < 4.78 is 3.82. The molecule has 0 aliphatic heterocycles. The lowest BCUT2D eigenvalue weighted by molar-refractivity contribution is 0.152. The van der Waals surface area contributed by atoms with E-state index in [0.717, 1.165) is 10.1 Å². The number of aromatic nitrogens is 4. The summed E-state index contributed by atoms with van der Waals surface area (Å²) in [6.07, 6.45) is -0.859. The highest BCUT2D eigenvalue weighted by Gasteiger charge is 2.24. The van der Waals surface area contributed by atoms with Crippen molar-refractivity contribution in [2.45, 2.75) is 19.2 Å². The zero-order valence-electron chi connectivity index (χ0n) is 18.3. The first kappa shape index (κ1) is 23.7. The van der Waals surface area contributed by atoms with Crippen molar-refractivity contribution < 1.29 is 15.3 Å². The van der Waals surface area contributed by atoms with Gasteiger partial charge in [-0.2, -0.15) is 4.98 Å². The normalized spacial score (nSPS) is 12.4. The molecule has 0 spiro atoms. The van der Waals surface area contributed by atoms with Gasteiger partial charge in [-0.25, -0.2) is 4.79 Å². The Hall–Kier alpha value is -2.99. The molecule has 11 nitrogen and oxygen atoms in total. The largest absolute Gasteiger partial charge is 0.395 e. The molecule has 174 valence electrons. The lowest BCUT2D eigenvalue weighted by Crippen LogP contribution is -2.38. The Morgan fingerprint density at radius 2 is 1.72 bits per heavy atom. The quantitative estimate of drug-likeness (QED) is 0.276. The molecular weight excluding hydrogens is 416 g/mol. The number of nitrogens with one attached hydrogen (secondary N) is 1. The number of benzene rings is 1. The maximum atomic E-state index is 12.9. The van der Waals surface area contributed by atoms with Crippen LogP contribution in [0, 0.1) is 0 Å². The number of fused-ring (bicyclic) bond motifs is 1.